The summed E-state index contributed by atoms with van der Waals surface area (Å²) < 4.78 is 0. The molecular weight excluding hydrogens is 336 g/mol. The third kappa shape index (κ3) is 2.39. The van der Waals surface area contributed by atoms with Crippen molar-refractivity contribution in [3.05, 3.63) is 109 Å². The first-order valence-electron chi connectivity index (χ1n) is 9.62. The molecule has 6 rings (SSSR count). The van der Waals surface area contributed by atoms with Crippen LogP contribution in [-0.4, -0.2) is 0 Å². The molecular formula is C28H17. The fourth-order valence-corrected chi connectivity index (χ4v) is 4.22. The standard InChI is InChI=1S/C28H17/c1-2-8-21-16-26-17-25(13-12-23(26)14-19(21)6-1)27-11-5-10-24-15-20-7-3-4-9-22(20)18-28(24)27/h1-17H. The fourth-order valence-electron chi connectivity index (χ4n) is 4.22. The van der Waals surface area contributed by atoms with E-state index in [1.807, 2.05) is 0 Å². The van der Waals surface area contributed by atoms with Gasteiger partial charge >= 0.3 is 0 Å². The molecule has 0 fully saturated rings. The van der Waals surface area contributed by atoms with Crippen molar-refractivity contribution >= 4 is 43.1 Å². The fraction of sp³-hybridized carbons (Fsp3) is 0. The third-order valence-corrected chi connectivity index (χ3v) is 5.64. The van der Waals surface area contributed by atoms with Crippen LogP contribution in [0, 0.1) is 6.07 Å². The van der Waals surface area contributed by atoms with Crippen molar-refractivity contribution in [3.63, 3.8) is 0 Å². The van der Waals surface area contributed by atoms with Crippen LogP contribution in [0.3, 0.4) is 0 Å². The van der Waals surface area contributed by atoms with E-state index < -0.39 is 0 Å². The summed E-state index contributed by atoms with van der Waals surface area (Å²) >= 11 is 0. The predicted octanol–water partition coefficient (Wildman–Crippen LogP) is 7.77. The highest BCUT2D eigenvalue weighted by Crippen LogP contribution is 2.33. The zero-order valence-electron chi connectivity index (χ0n) is 15.3. The third-order valence-electron chi connectivity index (χ3n) is 5.64. The molecule has 0 atom stereocenters. The highest BCUT2D eigenvalue weighted by Gasteiger charge is 2.07. The van der Waals surface area contributed by atoms with Crippen LogP contribution < -0.4 is 0 Å². The normalized spacial score (nSPS) is 11.6. The van der Waals surface area contributed by atoms with Gasteiger partial charge in [0.1, 0.15) is 0 Å². The molecule has 129 valence electrons. The lowest BCUT2D eigenvalue weighted by Crippen LogP contribution is -1.84. The van der Waals surface area contributed by atoms with Gasteiger partial charge in [-0.15, -0.1) is 0 Å². The minimum absolute atomic E-state index is 1.16. The number of fused-ring (bicyclic) bond motifs is 4. The van der Waals surface area contributed by atoms with Crippen molar-refractivity contribution in [3.8, 4) is 11.1 Å². The van der Waals surface area contributed by atoms with Gasteiger partial charge in [-0.1, -0.05) is 78.9 Å². The summed E-state index contributed by atoms with van der Waals surface area (Å²) in [5.74, 6) is 0. The van der Waals surface area contributed by atoms with Gasteiger partial charge in [0.15, 0.2) is 0 Å². The molecule has 6 aromatic rings. The van der Waals surface area contributed by atoms with Crippen molar-refractivity contribution in [1.29, 1.82) is 0 Å². The zero-order valence-corrected chi connectivity index (χ0v) is 15.3. The lowest BCUT2D eigenvalue weighted by atomic mass is 9.93. The molecule has 0 nitrogen and oxygen atoms in total. The Bertz CT molecular complexity index is 1510. The molecule has 0 bridgehead atoms. The van der Waals surface area contributed by atoms with Crippen LogP contribution in [0.1, 0.15) is 0 Å². The zero-order chi connectivity index (χ0) is 18.5. The molecule has 0 spiro atoms. The van der Waals surface area contributed by atoms with Crippen LogP contribution in [0.2, 0.25) is 0 Å². The molecule has 0 N–H and O–H groups in total. The molecule has 0 heteroatoms. The van der Waals surface area contributed by atoms with E-state index in [2.05, 4.69) is 109 Å². The van der Waals surface area contributed by atoms with Crippen molar-refractivity contribution in [2.75, 3.05) is 0 Å². The van der Waals surface area contributed by atoms with E-state index in [0.717, 1.165) is 5.39 Å². The lowest BCUT2D eigenvalue weighted by Gasteiger charge is -2.10. The molecule has 28 heavy (non-hydrogen) atoms. The van der Waals surface area contributed by atoms with Gasteiger partial charge in [-0.25, -0.2) is 0 Å². The quantitative estimate of drug-likeness (QED) is 0.265. The van der Waals surface area contributed by atoms with Crippen LogP contribution in [0.25, 0.3) is 54.2 Å². The Labute approximate surface area is 163 Å². The summed E-state index contributed by atoms with van der Waals surface area (Å²) in [7, 11) is 0. The number of hydrogen-bond acceptors (Lipinski definition) is 0. The molecule has 0 heterocycles. The van der Waals surface area contributed by atoms with E-state index in [-0.39, 0.29) is 0 Å². The molecule has 0 saturated heterocycles. The van der Waals surface area contributed by atoms with Crippen molar-refractivity contribution < 1.29 is 0 Å². The monoisotopic (exact) mass is 353 g/mol. The number of rotatable bonds is 1. The average Bonchev–Trinajstić information content (AvgIpc) is 2.75. The maximum atomic E-state index is 3.65. The molecule has 0 aromatic heterocycles. The lowest BCUT2D eigenvalue weighted by molar-refractivity contribution is 1.69. The smallest absolute Gasteiger partial charge is 0.000786 e. The van der Waals surface area contributed by atoms with Gasteiger partial charge in [-0.3, -0.25) is 0 Å². The van der Waals surface area contributed by atoms with E-state index in [0.29, 0.717) is 0 Å². The van der Waals surface area contributed by atoms with Crippen LogP contribution in [0.15, 0.2) is 103 Å². The molecule has 0 amide bonds. The summed E-state index contributed by atoms with van der Waals surface area (Å²) in [6.07, 6.45) is 0. The number of benzene rings is 6. The molecule has 0 aliphatic rings. The average molecular weight is 353 g/mol. The number of hydrogen-bond donors (Lipinski definition) is 0. The van der Waals surface area contributed by atoms with Crippen molar-refractivity contribution in [1.82, 2.24) is 0 Å². The van der Waals surface area contributed by atoms with Crippen LogP contribution in [0.5, 0.6) is 0 Å². The van der Waals surface area contributed by atoms with Gasteiger partial charge < -0.3 is 0 Å². The van der Waals surface area contributed by atoms with E-state index in [1.54, 1.807) is 0 Å². The van der Waals surface area contributed by atoms with E-state index in [9.17, 15) is 0 Å². The maximum absolute atomic E-state index is 3.65. The van der Waals surface area contributed by atoms with E-state index >= 15 is 0 Å². The Balaban J connectivity index is 1.62. The molecule has 6 aromatic carbocycles. The molecule has 0 saturated carbocycles. The van der Waals surface area contributed by atoms with Gasteiger partial charge in [0.2, 0.25) is 0 Å². The summed E-state index contributed by atoms with van der Waals surface area (Å²) in [4.78, 5) is 0. The topological polar surface area (TPSA) is 0 Å². The van der Waals surface area contributed by atoms with Gasteiger partial charge in [-0.05, 0) is 84.5 Å². The van der Waals surface area contributed by atoms with Crippen LogP contribution >= 0.6 is 0 Å². The van der Waals surface area contributed by atoms with Crippen LogP contribution in [-0.2, 0) is 0 Å². The first kappa shape index (κ1) is 15.4. The molecule has 0 aliphatic carbocycles. The van der Waals surface area contributed by atoms with Crippen molar-refractivity contribution in [2.45, 2.75) is 0 Å². The molecule has 0 aliphatic heterocycles. The highest BCUT2D eigenvalue weighted by atomic mass is 14.1. The first-order valence-corrected chi connectivity index (χ1v) is 9.62. The summed E-state index contributed by atoms with van der Waals surface area (Å²) in [6, 6.07) is 40.8. The van der Waals surface area contributed by atoms with Gasteiger partial charge in [0, 0.05) is 0 Å². The molecule has 0 unspecified atom stereocenters. The Hall–Kier alpha value is -3.64. The Morgan fingerprint density at radius 2 is 1.07 bits per heavy atom. The van der Waals surface area contributed by atoms with E-state index in [4.69, 9.17) is 0 Å². The highest BCUT2D eigenvalue weighted by molar-refractivity contribution is 6.06. The minimum Gasteiger partial charge on any atom is -0.0616 e. The van der Waals surface area contributed by atoms with Crippen molar-refractivity contribution in [2.24, 2.45) is 0 Å². The summed E-state index contributed by atoms with van der Waals surface area (Å²) in [5.41, 5.74) is 2.47. The van der Waals surface area contributed by atoms with E-state index in [1.165, 1.54) is 48.8 Å². The first-order chi connectivity index (χ1) is 13.8. The SMILES string of the molecule is [c]1c2ccccc2cc2cccc(-c3ccc4cc5ccccc5cc4c3)c12. The van der Waals surface area contributed by atoms with Gasteiger partial charge in [0.25, 0.3) is 0 Å². The Kier molecular flexibility index (Phi) is 3.27. The largest absolute Gasteiger partial charge is 0.0616 e. The second-order valence-corrected chi connectivity index (χ2v) is 7.39. The minimum atomic E-state index is 1.16. The van der Waals surface area contributed by atoms with Gasteiger partial charge in [-0.2, -0.15) is 0 Å². The predicted molar refractivity (Wildman–Crippen MR) is 121 cm³/mol. The van der Waals surface area contributed by atoms with Crippen LogP contribution in [0.4, 0.5) is 0 Å². The summed E-state index contributed by atoms with van der Waals surface area (Å²) in [6.45, 7) is 0. The summed E-state index contributed by atoms with van der Waals surface area (Å²) in [5, 5.41) is 9.92. The molecule has 1 radical (unpaired) electrons. The Morgan fingerprint density at radius 1 is 0.429 bits per heavy atom. The second kappa shape index (κ2) is 5.94. The maximum Gasteiger partial charge on any atom is -0.000786 e. The second-order valence-electron chi connectivity index (χ2n) is 7.39. The Morgan fingerprint density at radius 3 is 1.93 bits per heavy atom. The van der Waals surface area contributed by atoms with Gasteiger partial charge in [0.05, 0.1) is 0 Å².